The van der Waals surface area contributed by atoms with Crippen LogP contribution in [0.3, 0.4) is 0 Å². The minimum absolute atomic E-state index is 0.0260. The molecule has 0 heterocycles. The number of phenols is 1. The molecule has 26 heavy (non-hydrogen) atoms. The van der Waals surface area contributed by atoms with Gasteiger partial charge in [-0.1, -0.05) is 42.5 Å². The smallest absolute Gasteiger partial charge is 0.178 e. The second kappa shape index (κ2) is 7.27. The van der Waals surface area contributed by atoms with Gasteiger partial charge in [-0.05, 0) is 10.8 Å². The van der Waals surface area contributed by atoms with Crippen LogP contribution in [0.2, 0.25) is 0 Å². The molecule has 0 aromatic heterocycles. The summed E-state index contributed by atoms with van der Waals surface area (Å²) in [6.07, 6.45) is -0.371. The molecule has 0 aliphatic heterocycles. The van der Waals surface area contributed by atoms with Gasteiger partial charge in [-0.3, -0.25) is 9.59 Å². The van der Waals surface area contributed by atoms with Crippen LogP contribution < -0.4 is 9.47 Å². The third-order valence-corrected chi connectivity index (χ3v) is 4.20. The zero-order chi connectivity index (χ0) is 18.7. The van der Waals surface area contributed by atoms with Gasteiger partial charge in [0, 0.05) is 17.7 Å². The van der Waals surface area contributed by atoms with E-state index in [1.165, 1.54) is 26.4 Å². The van der Waals surface area contributed by atoms with Crippen LogP contribution in [0.4, 0.5) is 0 Å². The van der Waals surface area contributed by atoms with Crippen molar-refractivity contribution in [1.82, 2.24) is 0 Å². The maximum atomic E-state index is 12.7. The highest BCUT2D eigenvalue weighted by atomic mass is 16.5. The van der Waals surface area contributed by atoms with Crippen LogP contribution in [0.5, 0.6) is 17.2 Å². The van der Waals surface area contributed by atoms with Crippen molar-refractivity contribution < 1.29 is 24.2 Å². The van der Waals surface area contributed by atoms with Crippen molar-refractivity contribution in [1.29, 1.82) is 0 Å². The van der Waals surface area contributed by atoms with Crippen molar-refractivity contribution in [2.45, 2.75) is 6.42 Å². The van der Waals surface area contributed by atoms with Gasteiger partial charge < -0.3 is 14.6 Å². The van der Waals surface area contributed by atoms with Gasteiger partial charge in [0.2, 0.25) is 0 Å². The molecule has 3 aromatic carbocycles. The van der Waals surface area contributed by atoms with E-state index in [1.54, 1.807) is 12.1 Å². The van der Waals surface area contributed by atoms with Crippen LogP contribution in [0, 0.1) is 0 Å². The molecule has 3 rings (SSSR count). The molecule has 5 heteroatoms. The van der Waals surface area contributed by atoms with E-state index < -0.39 is 5.78 Å². The Morgan fingerprint density at radius 2 is 1.65 bits per heavy atom. The summed E-state index contributed by atoms with van der Waals surface area (Å²) in [7, 11) is 2.83. The SMILES string of the molecule is COc1cc(O)c(C(=O)CC(=O)c2cccc3ccccc23)c(OC)c1. The van der Waals surface area contributed by atoms with Gasteiger partial charge in [0.25, 0.3) is 0 Å². The molecule has 0 bridgehead atoms. The number of Topliss-reactive ketones (excluding diaryl/α,β-unsaturated/α-hetero) is 2. The summed E-state index contributed by atoms with van der Waals surface area (Å²) in [4.78, 5) is 25.4. The molecule has 0 atom stereocenters. The van der Waals surface area contributed by atoms with Crippen LogP contribution in [-0.2, 0) is 0 Å². The lowest BCUT2D eigenvalue weighted by Gasteiger charge is -2.12. The van der Waals surface area contributed by atoms with Crippen molar-refractivity contribution in [2.75, 3.05) is 14.2 Å². The Hall–Kier alpha value is -3.34. The molecule has 0 aliphatic rings. The molecule has 1 N–H and O–H groups in total. The minimum Gasteiger partial charge on any atom is -0.507 e. The first-order valence-electron chi connectivity index (χ1n) is 8.04. The van der Waals surface area contributed by atoms with Gasteiger partial charge in [-0.15, -0.1) is 0 Å². The molecule has 3 aromatic rings. The number of hydrogen-bond donors (Lipinski definition) is 1. The number of ether oxygens (including phenoxy) is 2. The fourth-order valence-electron chi connectivity index (χ4n) is 2.93. The van der Waals surface area contributed by atoms with Crippen LogP contribution in [0.1, 0.15) is 27.1 Å². The quantitative estimate of drug-likeness (QED) is 0.537. The second-order valence-electron chi connectivity index (χ2n) is 5.77. The number of hydrogen-bond acceptors (Lipinski definition) is 5. The summed E-state index contributed by atoms with van der Waals surface area (Å²) in [6.45, 7) is 0. The number of fused-ring (bicyclic) bond motifs is 1. The monoisotopic (exact) mass is 350 g/mol. The van der Waals surface area contributed by atoms with E-state index in [-0.39, 0.29) is 29.3 Å². The molecule has 0 aliphatic carbocycles. The van der Waals surface area contributed by atoms with E-state index in [0.29, 0.717) is 11.3 Å². The van der Waals surface area contributed by atoms with E-state index in [9.17, 15) is 14.7 Å². The third kappa shape index (κ3) is 3.24. The zero-order valence-electron chi connectivity index (χ0n) is 14.5. The highest BCUT2D eigenvalue weighted by molar-refractivity contribution is 6.19. The summed E-state index contributed by atoms with van der Waals surface area (Å²) in [5.74, 6) is -0.588. The molecule has 0 saturated heterocycles. The third-order valence-electron chi connectivity index (χ3n) is 4.20. The Morgan fingerprint density at radius 3 is 2.38 bits per heavy atom. The van der Waals surface area contributed by atoms with Gasteiger partial charge in [0.15, 0.2) is 11.6 Å². The number of aromatic hydroxyl groups is 1. The number of ketones is 2. The van der Waals surface area contributed by atoms with E-state index in [1.807, 2.05) is 30.3 Å². The first kappa shape index (κ1) is 17.5. The number of rotatable bonds is 6. The topological polar surface area (TPSA) is 72.8 Å². The Morgan fingerprint density at radius 1 is 0.923 bits per heavy atom. The Bertz CT molecular complexity index is 986. The molecular formula is C21H18O5. The van der Waals surface area contributed by atoms with Crippen molar-refractivity contribution in [3.63, 3.8) is 0 Å². The van der Waals surface area contributed by atoms with Crippen molar-refractivity contribution in [3.8, 4) is 17.2 Å². The van der Waals surface area contributed by atoms with E-state index in [0.717, 1.165) is 10.8 Å². The molecule has 5 nitrogen and oxygen atoms in total. The van der Waals surface area contributed by atoms with Crippen molar-refractivity contribution >= 4 is 22.3 Å². The lowest BCUT2D eigenvalue weighted by atomic mass is 9.96. The van der Waals surface area contributed by atoms with Crippen molar-refractivity contribution in [3.05, 3.63) is 65.7 Å². The van der Waals surface area contributed by atoms with E-state index >= 15 is 0 Å². The van der Waals surface area contributed by atoms with Gasteiger partial charge in [-0.2, -0.15) is 0 Å². The predicted molar refractivity (Wildman–Crippen MR) is 98.4 cm³/mol. The molecule has 0 spiro atoms. The van der Waals surface area contributed by atoms with E-state index in [2.05, 4.69) is 0 Å². The van der Waals surface area contributed by atoms with Crippen LogP contribution in [0.25, 0.3) is 10.8 Å². The minimum atomic E-state index is -0.514. The maximum absolute atomic E-state index is 12.7. The molecule has 0 radical (unpaired) electrons. The average Bonchev–Trinajstić information content (AvgIpc) is 2.66. The number of phenolic OH excluding ortho intramolecular Hbond substituents is 1. The molecule has 0 unspecified atom stereocenters. The molecule has 132 valence electrons. The van der Waals surface area contributed by atoms with Gasteiger partial charge in [-0.25, -0.2) is 0 Å². The predicted octanol–water partition coefficient (Wildman–Crippen LogP) is 4.02. The number of carbonyl (C=O) groups excluding carboxylic acids is 2. The van der Waals surface area contributed by atoms with Gasteiger partial charge in [0.05, 0.1) is 20.6 Å². The summed E-state index contributed by atoms with van der Waals surface area (Å²) < 4.78 is 10.2. The summed E-state index contributed by atoms with van der Waals surface area (Å²) in [6, 6.07) is 15.7. The first-order chi connectivity index (χ1) is 12.5. The highest BCUT2D eigenvalue weighted by Gasteiger charge is 2.23. The highest BCUT2D eigenvalue weighted by Crippen LogP contribution is 2.34. The molecule has 0 amide bonds. The number of benzene rings is 3. The maximum Gasteiger partial charge on any atom is 0.178 e. The average molecular weight is 350 g/mol. The van der Waals surface area contributed by atoms with Crippen molar-refractivity contribution in [2.24, 2.45) is 0 Å². The molecular weight excluding hydrogens is 332 g/mol. The fourth-order valence-corrected chi connectivity index (χ4v) is 2.93. The number of methoxy groups -OCH3 is 2. The Labute approximate surface area is 150 Å². The first-order valence-corrected chi connectivity index (χ1v) is 8.04. The summed E-state index contributed by atoms with van der Waals surface area (Å²) in [5.41, 5.74) is 0.449. The standard InChI is InChI=1S/C21H18O5/c1-25-14-10-18(23)21(20(11-14)26-2)19(24)12-17(22)16-9-5-7-13-6-3-4-8-15(13)16/h3-11,23H,12H2,1-2H3. The zero-order valence-corrected chi connectivity index (χ0v) is 14.5. The Balaban J connectivity index is 1.94. The molecule has 0 fully saturated rings. The van der Waals surface area contributed by atoms with Gasteiger partial charge in [0.1, 0.15) is 22.8 Å². The molecule has 0 saturated carbocycles. The Kier molecular flexibility index (Phi) is 4.89. The lowest BCUT2D eigenvalue weighted by molar-refractivity contribution is 0.0892. The second-order valence-corrected chi connectivity index (χ2v) is 5.77. The lowest BCUT2D eigenvalue weighted by Crippen LogP contribution is -2.10. The van der Waals surface area contributed by atoms with Crippen LogP contribution in [-0.4, -0.2) is 30.9 Å². The number of carbonyl (C=O) groups is 2. The van der Waals surface area contributed by atoms with Crippen LogP contribution in [0.15, 0.2) is 54.6 Å². The largest absolute Gasteiger partial charge is 0.507 e. The normalized spacial score (nSPS) is 10.5. The summed E-state index contributed by atoms with van der Waals surface area (Å²) in [5, 5.41) is 11.9. The fraction of sp³-hybridized carbons (Fsp3) is 0.143. The summed E-state index contributed by atoms with van der Waals surface area (Å²) >= 11 is 0. The van der Waals surface area contributed by atoms with Crippen LogP contribution >= 0.6 is 0 Å². The van der Waals surface area contributed by atoms with E-state index in [4.69, 9.17) is 9.47 Å². The van der Waals surface area contributed by atoms with Gasteiger partial charge >= 0.3 is 0 Å².